The highest BCUT2D eigenvalue weighted by atomic mass is 32.2. The van der Waals surface area contributed by atoms with Crippen molar-refractivity contribution in [1.82, 2.24) is 5.32 Å². The maximum atomic E-state index is 13.4. The molecule has 0 bridgehead atoms. The summed E-state index contributed by atoms with van der Waals surface area (Å²) in [7, 11) is 0. The van der Waals surface area contributed by atoms with Crippen molar-refractivity contribution in [3.05, 3.63) is 29.6 Å². The largest absolute Gasteiger partial charge is 0.306 e. The van der Waals surface area contributed by atoms with Gasteiger partial charge in [0.15, 0.2) is 0 Å². The quantitative estimate of drug-likeness (QED) is 0.885. The molecule has 0 spiro atoms. The molecule has 0 aliphatic carbocycles. The molecule has 1 aromatic rings. The highest BCUT2D eigenvalue weighted by Gasteiger charge is 2.29. The van der Waals surface area contributed by atoms with Gasteiger partial charge in [-0.15, -0.1) is 11.8 Å². The molecule has 0 saturated carbocycles. The number of fused-ring (bicyclic) bond motifs is 1. The first-order valence-electron chi connectivity index (χ1n) is 6.54. The number of rotatable bonds is 2. The van der Waals surface area contributed by atoms with Crippen molar-refractivity contribution in [2.45, 2.75) is 42.0 Å². The van der Waals surface area contributed by atoms with Crippen LogP contribution in [0.3, 0.4) is 0 Å². The Morgan fingerprint density at radius 2 is 2.17 bits per heavy atom. The maximum absolute atomic E-state index is 13.4. The lowest BCUT2D eigenvalue weighted by atomic mass is 10.0. The molecule has 0 amide bonds. The number of hydrogen-bond donors (Lipinski definition) is 1. The molecule has 1 saturated heterocycles. The molecule has 2 heterocycles. The SMILES string of the molecule is CC1SCCC1NC1CCSc2ccc(F)cc21. The minimum atomic E-state index is -0.114. The van der Waals surface area contributed by atoms with Gasteiger partial charge in [-0.05, 0) is 48.1 Å². The summed E-state index contributed by atoms with van der Waals surface area (Å²) >= 11 is 3.88. The summed E-state index contributed by atoms with van der Waals surface area (Å²) in [6, 6.07) is 6.13. The van der Waals surface area contributed by atoms with Crippen LogP contribution in [-0.4, -0.2) is 22.8 Å². The topological polar surface area (TPSA) is 12.0 Å². The second-order valence-electron chi connectivity index (χ2n) is 5.01. The van der Waals surface area contributed by atoms with E-state index in [0.29, 0.717) is 17.3 Å². The zero-order valence-corrected chi connectivity index (χ0v) is 12.1. The Morgan fingerprint density at radius 1 is 1.28 bits per heavy atom. The highest BCUT2D eigenvalue weighted by Crippen LogP contribution is 2.38. The van der Waals surface area contributed by atoms with Crippen LogP contribution in [0.4, 0.5) is 4.39 Å². The fourth-order valence-electron chi connectivity index (χ4n) is 2.75. The van der Waals surface area contributed by atoms with Gasteiger partial charge in [-0.1, -0.05) is 6.92 Å². The molecule has 1 fully saturated rings. The molecule has 3 atom stereocenters. The molecule has 3 unspecified atom stereocenters. The van der Waals surface area contributed by atoms with Crippen molar-refractivity contribution < 1.29 is 4.39 Å². The van der Waals surface area contributed by atoms with E-state index in [9.17, 15) is 4.39 Å². The fraction of sp³-hybridized carbons (Fsp3) is 0.571. The molecule has 2 aliphatic rings. The molecular weight excluding hydrogens is 265 g/mol. The van der Waals surface area contributed by atoms with Crippen molar-refractivity contribution in [2.24, 2.45) is 0 Å². The number of halogens is 1. The maximum Gasteiger partial charge on any atom is 0.123 e. The summed E-state index contributed by atoms with van der Waals surface area (Å²) in [6.45, 7) is 2.29. The molecule has 0 radical (unpaired) electrons. The second kappa shape index (κ2) is 5.43. The van der Waals surface area contributed by atoms with Gasteiger partial charge in [0.2, 0.25) is 0 Å². The van der Waals surface area contributed by atoms with Gasteiger partial charge in [-0.3, -0.25) is 0 Å². The summed E-state index contributed by atoms with van der Waals surface area (Å²) in [6.07, 6.45) is 2.34. The van der Waals surface area contributed by atoms with E-state index in [1.165, 1.54) is 17.1 Å². The minimum absolute atomic E-state index is 0.114. The Bertz CT molecular complexity index is 438. The molecule has 0 aromatic heterocycles. The Balaban J connectivity index is 1.80. The summed E-state index contributed by atoms with van der Waals surface area (Å²) in [4.78, 5) is 1.25. The van der Waals surface area contributed by atoms with E-state index in [-0.39, 0.29) is 5.82 Å². The number of benzene rings is 1. The van der Waals surface area contributed by atoms with Gasteiger partial charge in [-0.2, -0.15) is 11.8 Å². The first-order chi connectivity index (χ1) is 8.74. The molecule has 1 nitrogen and oxygen atoms in total. The third-order valence-electron chi connectivity index (χ3n) is 3.80. The predicted molar refractivity (Wildman–Crippen MR) is 77.9 cm³/mol. The van der Waals surface area contributed by atoms with Crippen molar-refractivity contribution in [2.75, 3.05) is 11.5 Å². The Kier molecular flexibility index (Phi) is 3.87. The van der Waals surface area contributed by atoms with Gasteiger partial charge in [0.05, 0.1) is 0 Å². The Labute approximate surface area is 116 Å². The van der Waals surface area contributed by atoms with Crippen LogP contribution in [0.25, 0.3) is 0 Å². The van der Waals surface area contributed by atoms with Crippen LogP contribution in [0.5, 0.6) is 0 Å². The lowest BCUT2D eigenvalue weighted by molar-refractivity contribution is 0.418. The van der Waals surface area contributed by atoms with Crippen LogP contribution in [0.2, 0.25) is 0 Å². The zero-order valence-electron chi connectivity index (χ0n) is 10.5. The van der Waals surface area contributed by atoms with E-state index in [2.05, 4.69) is 12.2 Å². The first-order valence-corrected chi connectivity index (χ1v) is 8.57. The Hall–Kier alpha value is -0.190. The van der Waals surface area contributed by atoms with E-state index in [4.69, 9.17) is 0 Å². The van der Waals surface area contributed by atoms with Crippen LogP contribution < -0.4 is 5.32 Å². The predicted octanol–water partition coefficient (Wildman–Crippen LogP) is 3.85. The van der Waals surface area contributed by atoms with E-state index < -0.39 is 0 Å². The minimum Gasteiger partial charge on any atom is -0.306 e. The molecule has 3 rings (SSSR count). The van der Waals surface area contributed by atoms with E-state index in [0.717, 1.165) is 17.7 Å². The normalized spacial score (nSPS) is 31.3. The number of hydrogen-bond acceptors (Lipinski definition) is 3. The smallest absolute Gasteiger partial charge is 0.123 e. The molecule has 1 aromatic carbocycles. The van der Waals surface area contributed by atoms with Crippen molar-refractivity contribution in [3.63, 3.8) is 0 Å². The van der Waals surface area contributed by atoms with Gasteiger partial charge in [0, 0.05) is 22.2 Å². The molecular formula is C14H18FNS2. The van der Waals surface area contributed by atoms with Gasteiger partial charge in [0.25, 0.3) is 0 Å². The molecule has 98 valence electrons. The summed E-state index contributed by atoms with van der Waals surface area (Å²) in [5.41, 5.74) is 1.16. The molecule has 2 aliphatic heterocycles. The van der Waals surface area contributed by atoms with Crippen molar-refractivity contribution >= 4 is 23.5 Å². The van der Waals surface area contributed by atoms with Crippen molar-refractivity contribution in [3.8, 4) is 0 Å². The zero-order chi connectivity index (χ0) is 12.5. The first kappa shape index (κ1) is 12.8. The van der Waals surface area contributed by atoms with Crippen LogP contribution in [0, 0.1) is 5.82 Å². The lowest BCUT2D eigenvalue weighted by Crippen LogP contribution is -2.37. The molecule has 4 heteroatoms. The third-order valence-corrected chi connectivity index (χ3v) is 6.25. The van der Waals surface area contributed by atoms with E-state index in [1.54, 1.807) is 12.1 Å². The van der Waals surface area contributed by atoms with Crippen LogP contribution >= 0.6 is 23.5 Å². The average molecular weight is 283 g/mol. The van der Waals surface area contributed by atoms with Crippen molar-refractivity contribution in [1.29, 1.82) is 0 Å². The lowest BCUT2D eigenvalue weighted by Gasteiger charge is -2.30. The number of thioether (sulfide) groups is 2. The third kappa shape index (κ3) is 2.56. The van der Waals surface area contributed by atoms with Crippen LogP contribution in [0.1, 0.15) is 31.4 Å². The van der Waals surface area contributed by atoms with Gasteiger partial charge < -0.3 is 5.32 Å². The summed E-state index contributed by atoms with van der Waals surface area (Å²) < 4.78 is 13.4. The Morgan fingerprint density at radius 3 is 2.94 bits per heavy atom. The van der Waals surface area contributed by atoms with Crippen LogP contribution in [-0.2, 0) is 0 Å². The van der Waals surface area contributed by atoms with E-state index >= 15 is 0 Å². The van der Waals surface area contributed by atoms with Crippen LogP contribution in [0.15, 0.2) is 23.1 Å². The summed E-state index contributed by atoms with van der Waals surface area (Å²) in [5.74, 6) is 2.26. The van der Waals surface area contributed by atoms with Gasteiger partial charge in [-0.25, -0.2) is 4.39 Å². The summed E-state index contributed by atoms with van der Waals surface area (Å²) in [5, 5.41) is 4.43. The monoisotopic (exact) mass is 283 g/mol. The molecule has 18 heavy (non-hydrogen) atoms. The van der Waals surface area contributed by atoms with Gasteiger partial charge >= 0.3 is 0 Å². The number of nitrogens with one attached hydrogen (secondary N) is 1. The fourth-order valence-corrected chi connectivity index (χ4v) is 5.06. The standard InChI is InChI=1S/C14H18FNS2/c1-9-12(4-6-17-9)16-13-5-7-18-14-3-2-10(15)8-11(13)14/h2-3,8-9,12-13,16H,4-7H2,1H3. The highest BCUT2D eigenvalue weighted by molar-refractivity contribution is 8.00. The van der Waals surface area contributed by atoms with E-state index in [1.807, 2.05) is 29.6 Å². The second-order valence-corrected chi connectivity index (χ2v) is 7.63. The average Bonchev–Trinajstić information content (AvgIpc) is 2.76. The van der Waals surface area contributed by atoms with Gasteiger partial charge in [0.1, 0.15) is 5.82 Å². The molecule has 1 N–H and O–H groups in total.